The molecule has 0 spiro atoms. The van der Waals surface area contributed by atoms with Crippen molar-refractivity contribution >= 4 is 22.2 Å². The van der Waals surface area contributed by atoms with Crippen LogP contribution in [0.1, 0.15) is 28.5 Å². The lowest BCUT2D eigenvalue weighted by Gasteiger charge is -2.12. The highest BCUT2D eigenvalue weighted by Gasteiger charge is 2.33. The van der Waals surface area contributed by atoms with Gasteiger partial charge >= 0.3 is 0 Å². The molecular weight excluding hydrogens is 424 g/mol. The molecule has 0 saturated carbocycles. The van der Waals surface area contributed by atoms with Gasteiger partial charge in [0.1, 0.15) is 5.69 Å². The van der Waals surface area contributed by atoms with Crippen LogP contribution < -0.4 is 5.73 Å². The second kappa shape index (κ2) is 8.68. The molecule has 164 valence electrons. The zero-order valence-corrected chi connectivity index (χ0v) is 17.8. The SMILES string of the molecule is Cc1ncn(C)c1-c1nc(-c2ccc(C(N)=O)cc2)nn1C1CCS(=O)(=O)C1.O=CO. The van der Waals surface area contributed by atoms with Gasteiger partial charge in [-0.15, -0.1) is 0 Å². The standard InChI is InChI=1S/C18H20N6O3S.CH2O2/c1-11-15(23(2)10-20-11)18-21-17(13-5-3-12(4-6-13)16(19)25)22-24(18)14-7-8-28(26,27)9-14;2-1-3/h3-6,10,14H,7-9H2,1-2H3,(H2,19,25);1H,(H,2,3). The first kappa shape index (κ1) is 22.2. The highest BCUT2D eigenvalue weighted by Crippen LogP contribution is 2.31. The highest BCUT2D eigenvalue weighted by atomic mass is 32.2. The number of primary amides is 1. The summed E-state index contributed by atoms with van der Waals surface area (Å²) in [6.07, 6.45) is 2.19. The van der Waals surface area contributed by atoms with E-state index in [4.69, 9.17) is 20.6 Å². The van der Waals surface area contributed by atoms with E-state index in [1.807, 2.05) is 18.5 Å². The van der Waals surface area contributed by atoms with Gasteiger partial charge in [-0.3, -0.25) is 9.59 Å². The Kier molecular flexibility index (Phi) is 6.20. The summed E-state index contributed by atoms with van der Waals surface area (Å²) in [5, 5.41) is 11.5. The first-order valence-corrected chi connectivity index (χ1v) is 11.1. The third-order valence-corrected chi connectivity index (χ3v) is 6.70. The molecule has 0 bridgehead atoms. The van der Waals surface area contributed by atoms with Crippen LogP contribution in [0.25, 0.3) is 22.9 Å². The van der Waals surface area contributed by atoms with E-state index in [2.05, 4.69) is 10.1 Å². The fraction of sp³-hybridized carbons (Fsp3) is 0.316. The van der Waals surface area contributed by atoms with Gasteiger partial charge in [-0.2, -0.15) is 5.10 Å². The number of sulfone groups is 1. The molecule has 1 amide bonds. The van der Waals surface area contributed by atoms with Crippen molar-refractivity contribution in [1.29, 1.82) is 0 Å². The van der Waals surface area contributed by atoms with Crippen LogP contribution in [-0.2, 0) is 21.7 Å². The van der Waals surface area contributed by atoms with Gasteiger partial charge in [0.15, 0.2) is 21.5 Å². The number of nitrogens with zero attached hydrogens (tertiary/aromatic N) is 5. The summed E-state index contributed by atoms with van der Waals surface area (Å²) >= 11 is 0. The number of imidazole rings is 1. The van der Waals surface area contributed by atoms with Crippen LogP contribution in [0, 0.1) is 6.92 Å². The Hall–Kier alpha value is -3.54. The average molecular weight is 446 g/mol. The predicted octanol–water partition coefficient (Wildman–Crippen LogP) is 0.813. The van der Waals surface area contributed by atoms with Crippen molar-refractivity contribution in [3.05, 3.63) is 41.9 Å². The maximum atomic E-state index is 12.0. The summed E-state index contributed by atoms with van der Waals surface area (Å²) < 4.78 is 27.5. The lowest BCUT2D eigenvalue weighted by molar-refractivity contribution is -0.122. The summed E-state index contributed by atoms with van der Waals surface area (Å²) in [5.41, 5.74) is 7.98. The Morgan fingerprint density at radius 3 is 2.42 bits per heavy atom. The van der Waals surface area contributed by atoms with Crippen molar-refractivity contribution < 1.29 is 23.1 Å². The Bertz CT molecular complexity index is 1190. The van der Waals surface area contributed by atoms with E-state index in [9.17, 15) is 13.2 Å². The number of aryl methyl sites for hydroxylation is 2. The number of carbonyl (C=O) groups excluding carboxylic acids is 1. The lowest BCUT2D eigenvalue weighted by atomic mass is 10.1. The Balaban J connectivity index is 0.000000858. The molecule has 3 N–H and O–H groups in total. The number of benzene rings is 1. The van der Waals surface area contributed by atoms with Gasteiger partial charge in [0.2, 0.25) is 5.91 Å². The third-order valence-electron chi connectivity index (χ3n) is 4.94. The fourth-order valence-electron chi connectivity index (χ4n) is 3.48. The number of carboxylic acid groups (broad SMARTS) is 1. The fourth-order valence-corrected chi connectivity index (χ4v) is 5.17. The van der Waals surface area contributed by atoms with E-state index < -0.39 is 15.7 Å². The van der Waals surface area contributed by atoms with Crippen molar-refractivity contribution in [3.8, 4) is 22.9 Å². The quantitative estimate of drug-likeness (QED) is 0.556. The minimum absolute atomic E-state index is 0.0420. The zero-order chi connectivity index (χ0) is 22.8. The molecule has 3 aromatic rings. The zero-order valence-electron chi connectivity index (χ0n) is 17.0. The summed E-state index contributed by atoms with van der Waals surface area (Å²) in [4.78, 5) is 28.7. The van der Waals surface area contributed by atoms with Crippen LogP contribution in [0.5, 0.6) is 0 Å². The molecule has 0 radical (unpaired) electrons. The number of amides is 1. The second-order valence-electron chi connectivity index (χ2n) is 7.10. The van der Waals surface area contributed by atoms with Gasteiger partial charge in [-0.25, -0.2) is 23.1 Å². The second-order valence-corrected chi connectivity index (χ2v) is 9.33. The van der Waals surface area contributed by atoms with E-state index >= 15 is 0 Å². The van der Waals surface area contributed by atoms with E-state index in [1.165, 1.54) is 0 Å². The molecule has 1 saturated heterocycles. The van der Waals surface area contributed by atoms with Crippen molar-refractivity contribution in [1.82, 2.24) is 24.3 Å². The molecule has 1 fully saturated rings. The van der Waals surface area contributed by atoms with Gasteiger partial charge in [-0.1, -0.05) is 12.1 Å². The number of hydrogen-bond donors (Lipinski definition) is 2. The van der Waals surface area contributed by atoms with Crippen molar-refractivity contribution in [2.24, 2.45) is 12.8 Å². The lowest BCUT2D eigenvalue weighted by Crippen LogP contribution is -2.15. The molecule has 1 aliphatic rings. The number of carbonyl (C=O) groups is 2. The summed E-state index contributed by atoms with van der Waals surface area (Å²) in [7, 11) is -1.22. The monoisotopic (exact) mass is 446 g/mol. The molecule has 1 unspecified atom stereocenters. The maximum absolute atomic E-state index is 12.0. The number of aromatic nitrogens is 5. The van der Waals surface area contributed by atoms with Gasteiger partial charge in [-0.05, 0) is 25.5 Å². The van der Waals surface area contributed by atoms with E-state index in [1.54, 1.807) is 35.3 Å². The average Bonchev–Trinajstić information content (AvgIpc) is 3.39. The minimum atomic E-state index is -3.08. The maximum Gasteiger partial charge on any atom is 0.290 e. The summed E-state index contributed by atoms with van der Waals surface area (Å²) in [6, 6.07) is 6.41. The van der Waals surface area contributed by atoms with Crippen molar-refractivity contribution in [3.63, 3.8) is 0 Å². The third kappa shape index (κ3) is 4.63. The molecule has 11 nitrogen and oxygen atoms in total. The molecular formula is C19H22N6O5S. The summed E-state index contributed by atoms with van der Waals surface area (Å²) in [6.45, 7) is 1.63. The molecule has 31 heavy (non-hydrogen) atoms. The van der Waals surface area contributed by atoms with Gasteiger partial charge in [0.25, 0.3) is 6.47 Å². The van der Waals surface area contributed by atoms with E-state index in [0.29, 0.717) is 29.2 Å². The first-order valence-electron chi connectivity index (χ1n) is 9.30. The molecule has 0 aliphatic carbocycles. The molecule has 2 aromatic heterocycles. The number of rotatable bonds is 4. The van der Waals surface area contributed by atoms with Gasteiger partial charge in [0, 0.05) is 18.2 Å². The van der Waals surface area contributed by atoms with Crippen molar-refractivity contribution in [2.75, 3.05) is 11.5 Å². The predicted molar refractivity (Wildman–Crippen MR) is 112 cm³/mol. The first-order chi connectivity index (χ1) is 14.7. The number of hydrogen-bond acceptors (Lipinski definition) is 7. The molecule has 1 aliphatic heterocycles. The van der Waals surface area contributed by atoms with E-state index in [0.717, 1.165) is 11.4 Å². The Morgan fingerprint density at radius 2 is 1.94 bits per heavy atom. The normalized spacial score (nSPS) is 17.0. The molecule has 1 aromatic carbocycles. The van der Waals surface area contributed by atoms with Crippen LogP contribution >= 0.6 is 0 Å². The summed E-state index contributed by atoms with van der Waals surface area (Å²) in [5.74, 6) is 0.710. The van der Waals surface area contributed by atoms with Crippen molar-refractivity contribution in [2.45, 2.75) is 19.4 Å². The molecule has 1 atom stereocenters. The van der Waals surface area contributed by atoms with E-state index in [-0.39, 0.29) is 24.0 Å². The van der Waals surface area contributed by atoms with Crippen LogP contribution in [-0.4, -0.2) is 61.7 Å². The molecule has 12 heteroatoms. The van der Waals surface area contributed by atoms with Crippen LogP contribution in [0.4, 0.5) is 0 Å². The topological polar surface area (TPSA) is 163 Å². The van der Waals surface area contributed by atoms with Crippen LogP contribution in [0.2, 0.25) is 0 Å². The largest absolute Gasteiger partial charge is 0.483 e. The molecule has 4 rings (SSSR count). The smallest absolute Gasteiger partial charge is 0.290 e. The van der Waals surface area contributed by atoms with Gasteiger partial charge < -0.3 is 15.4 Å². The molecule has 3 heterocycles. The van der Waals surface area contributed by atoms with Crippen LogP contribution in [0.15, 0.2) is 30.6 Å². The number of nitrogens with two attached hydrogens (primary N) is 1. The highest BCUT2D eigenvalue weighted by molar-refractivity contribution is 7.91. The Morgan fingerprint density at radius 1 is 1.29 bits per heavy atom. The van der Waals surface area contributed by atoms with Gasteiger partial charge in [0.05, 0.1) is 29.6 Å². The Labute approximate surface area is 178 Å². The minimum Gasteiger partial charge on any atom is -0.483 e. The van der Waals surface area contributed by atoms with Crippen LogP contribution in [0.3, 0.4) is 0 Å².